The number of Topliss-reactive ketones (excluding diaryl/α,β-unsaturated/α-hetero) is 2. The van der Waals surface area contributed by atoms with Gasteiger partial charge in [0.15, 0.2) is 0 Å². The third-order valence-corrected chi connectivity index (χ3v) is 4.50. The van der Waals surface area contributed by atoms with E-state index in [1.165, 1.54) is 16.5 Å². The van der Waals surface area contributed by atoms with Gasteiger partial charge >= 0.3 is 0 Å². The first-order chi connectivity index (χ1) is 9.74. The second-order valence-electron chi connectivity index (χ2n) is 5.68. The Morgan fingerprint density at radius 3 is 2.90 bits per heavy atom. The summed E-state index contributed by atoms with van der Waals surface area (Å²) in [5, 5.41) is 1.19. The zero-order valence-corrected chi connectivity index (χ0v) is 11.1. The summed E-state index contributed by atoms with van der Waals surface area (Å²) in [5.41, 5.74) is 4.76. The highest BCUT2D eigenvalue weighted by molar-refractivity contribution is 6.09. The van der Waals surface area contributed by atoms with E-state index >= 15 is 0 Å². The standard InChI is InChI=1S/C17H15NO2/c19-11-3-5-12(16(20)9-11)13-4-1-10-2-6-15-14(17(10)13)7-8-18-15/h2,4,6-8,12,18H,1,3,5,9H2/t12-/m0/s1. The minimum absolute atomic E-state index is 0.0879. The fourth-order valence-electron chi connectivity index (χ4n) is 3.53. The Morgan fingerprint density at radius 2 is 2.05 bits per heavy atom. The maximum Gasteiger partial charge on any atom is 0.147 e. The van der Waals surface area contributed by atoms with Crippen LogP contribution in [0.3, 0.4) is 0 Å². The lowest BCUT2D eigenvalue weighted by Gasteiger charge is -2.22. The first-order valence-corrected chi connectivity index (χ1v) is 7.08. The van der Waals surface area contributed by atoms with E-state index in [9.17, 15) is 9.59 Å². The fourth-order valence-corrected chi connectivity index (χ4v) is 3.53. The average molecular weight is 265 g/mol. The summed E-state index contributed by atoms with van der Waals surface area (Å²) < 4.78 is 0. The molecule has 2 aliphatic rings. The van der Waals surface area contributed by atoms with Gasteiger partial charge in [0.1, 0.15) is 11.6 Å². The molecular formula is C17H15NO2. The lowest BCUT2D eigenvalue weighted by molar-refractivity contribution is -0.131. The normalized spacial score (nSPS) is 22.2. The molecule has 0 unspecified atom stereocenters. The van der Waals surface area contributed by atoms with Gasteiger partial charge in [0.25, 0.3) is 0 Å². The molecule has 100 valence electrons. The number of nitrogens with one attached hydrogen (secondary N) is 1. The highest BCUT2D eigenvalue weighted by atomic mass is 16.1. The van der Waals surface area contributed by atoms with Crippen LogP contribution < -0.4 is 0 Å². The summed E-state index contributed by atoms with van der Waals surface area (Å²) in [5.74, 6) is 0.0901. The van der Waals surface area contributed by atoms with E-state index in [1.54, 1.807) is 0 Å². The number of H-pyrrole nitrogens is 1. The zero-order chi connectivity index (χ0) is 13.7. The Bertz CT molecular complexity index is 766. The molecule has 1 N–H and O–H groups in total. The van der Waals surface area contributed by atoms with Gasteiger partial charge < -0.3 is 4.98 Å². The van der Waals surface area contributed by atoms with Gasteiger partial charge in [-0.3, -0.25) is 9.59 Å². The van der Waals surface area contributed by atoms with E-state index in [-0.39, 0.29) is 23.9 Å². The number of fused-ring (bicyclic) bond motifs is 3. The molecule has 2 aliphatic carbocycles. The molecule has 3 heteroatoms. The van der Waals surface area contributed by atoms with E-state index in [4.69, 9.17) is 0 Å². The molecule has 20 heavy (non-hydrogen) atoms. The molecule has 1 aromatic carbocycles. The lowest BCUT2D eigenvalue weighted by Crippen LogP contribution is -2.25. The molecule has 0 spiro atoms. The van der Waals surface area contributed by atoms with Crippen LogP contribution in [0.4, 0.5) is 0 Å². The van der Waals surface area contributed by atoms with Crippen LogP contribution >= 0.6 is 0 Å². The van der Waals surface area contributed by atoms with Gasteiger partial charge in [-0.1, -0.05) is 12.1 Å². The maximum atomic E-state index is 12.2. The number of aromatic nitrogens is 1. The van der Waals surface area contributed by atoms with Gasteiger partial charge in [-0.05, 0) is 41.7 Å². The first kappa shape index (κ1) is 11.6. The quantitative estimate of drug-likeness (QED) is 0.806. The summed E-state index contributed by atoms with van der Waals surface area (Å²) in [4.78, 5) is 26.8. The van der Waals surface area contributed by atoms with Crippen LogP contribution in [0.25, 0.3) is 16.5 Å². The molecule has 0 saturated heterocycles. The summed E-state index contributed by atoms with van der Waals surface area (Å²) in [6.45, 7) is 0. The summed E-state index contributed by atoms with van der Waals surface area (Å²) in [6.07, 6.45) is 6.32. The van der Waals surface area contributed by atoms with Crippen molar-refractivity contribution < 1.29 is 9.59 Å². The topological polar surface area (TPSA) is 49.9 Å². The van der Waals surface area contributed by atoms with Crippen molar-refractivity contribution in [2.45, 2.75) is 25.7 Å². The van der Waals surface area contributed by atoms with Crippen molar-refractivity contribution in [1.82, 2.24) is 4.98 Å². The largest absolute Gasteiger partial charge is 0.361 e. The molecule has 1 saturated carbocycles. The third-order valence-electron chi connectivity index (χ3n) is 4.50. The predicted molar refractivity (Wildman–Crippen MR) is 77.3 cm³/mol. The second kappa shape index (κ2) is 4.17. The molecule has 0 aliphatic heterocycles. The van der Waals surface area contributed by atoms with Crippen molar-refractivity contribution in [2.75, 3.05) is 0 Å². The third kappa shape index (κ3) is 1.59. The number of aromatic amines is 1. The van der Waals surface area contributed by atoms with Crippen LogP contribution in [0.15, 0.2) is 30.5 Å². The Balaban J connectivity index is 1.82. The van der Waals surface area contributed by atoms with Crippen molar-refractivity contribution in [2.24, 2.45) is 5.92 Å². The van der Waals surface area contributed by atoms with Crippen LogP contribution in [0.2, 0.25) is 0 Å². The Hall–Kier alpha value is -2.16. The molecule has 0 bridgehead atoms. The van der Waals surface area contributed by atoms with Crippen LogP contribution in [-0.4, -0.2) is 16.6 Å². The van der Waals surface area contributed by atoms with Gasteiger partial charge in [-0.15, -0.1) is 0 Å². The molecule has 1 atom stereocenters. The minimum Gasteiger partial charge on any atom is -0.361 e. The number of carbonyl (C=O) groups is 2. The predicted octanol–water partition coefficient (Wildman–Crippen LogP) is 3.05. The van der Waals surface area contributed by atoms with Crippen LogP contribution in [0.5, 0.6) is 0 Å². The molecule has 3 nitrogen and oxygen atoms in total. The van der Waals surface area contributed by atoms with E-state index in [0.29, 0.717) is 12.8 Å². The molecule has 4 rings (SSSR count). The van der Waals surface area contributed by atoms with Gasteiger partial charge in [-0.2, -0.15) is 0 Å². The Labute approximate surface area is 116 Å². The highest BCUT2D eigenvalue weighted by Gasteiger charge is 2.33. The molecule has 1 fully saturated rings. The number of ketones is 2. The number of rotatable bonds is 1. The van der Waals surface area contributed by atoms with E-state index in [0.717, 1.165) is 17.5 Å². The zero-order valence-electron chi connectivity index (χ0n) is 11.1. The minimum atomic E-state index is -0.0885. The van der Waals surface area contributed by atoms with Crippen LogP contribution in [0.1, 0.15) is 30.4 Å². The SMILES string of the molecule is O=C1CC[C@@H](C2=CCc3ccc4[nH]ccc4c32)C(=O)C1. The average Bonchev–Trinajstić information content (AvgIpc) is 3.03. The van der Waals surface area contributed by atoms with Crippen molar-refractivity contribution in [1.29, 1.82) is 0 Å². The lowest BCUT2D eigenvalue weighted by atomic mass is 9.79. The summed E-state index contributed by atoms with van der Waals surface area (Å²) >= 11 is 0. The number of allylic oxidation sites excluding steroid dienone is 2. The highest BCUT2D eigenvalue weighted by Crippen LogP contribution is 2.41. The second-order valence-corrected chi connectivity index (χ2v) is 5.68. The van der Waals surface area contributed by atoms with Gasteiger partial charge in [-0.25, -0.2) is 0 Å². The Kier molecular flexibility index (Phi) is 2.43. The molecule has 0 amide bonds. The van der Waals surface area contributed by atoms with Crippen LogP contribution in [-0.2, 0) is 16.0 Å². The number of hydrogen-bond donors (Lipinski definition) is 1. The monoisotopic (exact) mass is 265 g/mol. The Morgan fingerprint density at radius 1 is 1.15 bits per heavy atom. The van der Waals surface area contributed by atoms with Gasteiger partial charge in [0.2, 0.25) is 0 Å². The van der Waals surface area contributed by atoms with Crippen molar-refractivity contribution in [3.63, 3.8) is 0 Å². The van der Waals surface area contributed by atoms with E-state index < -0.39 is 0 Å². The molecule has 1 heterocycles. The van der Waals surface area contributed by atoms with Gasteiger partial charge in [0, 0.05) is 29.4 Å². The summed E-state index contributed by atoms with van der Waals surface area (Å²) in [7, 11) is 0. The molecular weight excluding hydrogens is 250 g/mol. The first-order valence-electron chi connectivity index (χ1n) is 7.08. The number of carbonyl (C=O) groups excluding carboxylic acids is 2. The molecule has 1 aromatic heterocycles. The fraction of sp³-hybridized carbons (Fsp3) is 0.294. The summed E-state index contributed by atoms with van der Waals surface area (Å²) in [6, 6.07) is 6.30. The van der Waals surface area contributed by atoms with Crippen molar-refractivity contribution in [3.8, 4) is 0 Å². The van der Waals surface area contributed by atoms with E-state index in [2.05, 4.69) is 29.3 Å². The molecule has 2 aromatic rings. The van der Waals surface area contributed by atoms with Crippen molar-refractivity contribution in [3.05, 3.63) is 41.6 Å². The van der Waals surface area contributed by atoms with Crippen LogP contribution in [0, 0.1) is 5.92 Å². The molecule has 0 radical (unpaired) electrons. The van der Waals surface area contributed by atoms with E-state index in [1.807, 2.05) is 6.20 Å². The maximum absolute atomic E-state index is 12.2. The smallest absolute Gasteiger partial charge is 0.147 e. The van der Waals surface area contributed by atoms with Crippen molar-refractivity contribution >= 4 is 28.0 Å². The van der Waals surface area contributed by atoms with Gasteiger partial charge in [0.05, 0.1) is 6.42 Å². The number of hydrogen-bond acceptors (Lipinski definition) is 2. The number of benzene rings is 1.